The maximum Gasteiger partial charge on any atom is 0.305 e. The van der Waals surface area contributed by atoms with Crippen molar-refractivity contribution in [1.82, 2.24) is 0 Å². The summed E-state index contributed by atoms with van der Waals surface area (Å²) in [7, 11) is 0. The second-order valence-electron chi connectivity index (χ2n) is 14.2. The number of rotatable bonds is 37. The van der Waals surface area contributed by atoms with E-state index >= 15 is 0 Å². The summed E-state index contributed by atoms with van der Waals surface area (Å²) < 4.78 is 10.4. The van der Waals surface area contributed by atoms with E-state index in [1.165, 1.54) is 148 Å². The van der Waals surface area contributed by atoms with Crippen LogP contribution in [0.1, 0.15) is 240 Å². The van der Waals surface area contributed by atoms with Crippen LogP contribution in [0.15, 0.2) is 24.3 Å². The number of hydrogen-bond donors (Lipinski definition) is 0. The van der Waals surface area contributed by atoms with Crippen molar-refractivity contribution in [2.45, 2.75) is 240 Å². The van der Waals surface area contributed by atoms with Gasteiger partial charge in [0.25, 0.3) is 0 Å². The van der Waals surface area contributed by atoms with Crippen molar-refractivity contribution in [3.05, 3.63) is 24.3 Å². The predicted octanol–water partition coefficient (Wildman–Crippen LogP) is 15.1. The summed E-state index contributed by atoms with van der Waals surface area (Å²) in [5.41, 5.74) is 0. The van der Waals surface area contributed by atoms with Crippen LogP contribution >= 0.6 is 0 Å². The summed E-state index contributed by atoms with van der Waals surface area (Å²) >= 11 is 0. The summed E-state index contributed by atoms with van der Waals surface area (Å²) in [6, 6.07) is 0. The molecule has 0 aromatic carbocycles. The fourth-order valence-corrected chi connectivity index (χ4v) is 5.69. The van der Waals surface area contributed by atoms with Crippen molar-refractivity contribution >= 4 is 11.9 Å². The van der Waals surface area contributed by atoms with Crippen molar-refractivity contribution < 1.29 is 19.1 Å². The zero-order valence-electron chi connectivity index (χ0n) is 33.7. The van der Waals surface area contributed by atoms with Crippen LogP contribution in [0.25, 0.3) is 0 Å². The Labute approximate surface area is 307 Å². The molecule has 0 aliphatic carbocycles. The van der Waals surface area contributed by atoms with Gasteiger partial charge in [-0.3, -0.25) is 9.59 Å². The molecule has 0 rings (SSSR count). The Morgan fingerprint density at radius 1 is 0.327 bits per heavy atom. The third-order valence-corrected chi connectivity index (χ3v) is 9.06. The van der Waals surface area contributed by atoms with Gasteiger partial charge in [0.1, 0.15) is 0 Å². The van der Waals surface area contributed by atoms with E-state index in [-0.39, 0.29) is 11.9 Å². The summed E-state index contributed by atoms with van der Waals surface area (Å²) in [4.78, 5) is 22.9. The van der Waals surface area contributed by atoms with E-state index in [9.17, 15) is 9.59 Å². The maximum atomic E-state index is 11.5. The molecule has 0 heterocycles. The number of unbranched alkanes of at least 4 members (excludes halogenated alkanes) is 25. The van der Waals surface area contributed by atoms with Crippen LogP contribution in [0, 0.1) is 0 Å². The average Bonchev–Trinajstić information content (AvgIpc) is 3.10. The molecule has 0 aliphatic rings. The highest BCUT2D eigenvalue weighted by atomic mass is 16.5. The van der Waals surface area contributed by atoms with Gasteiger partial charge in [-0.1, -0.05) is 174 Å². The monoisotopic (exact) mass is 691 g/mol. The minimum absolute atomic E-state index is 0.00581. The molecule has 4 nitrogen and oxygen atoms in total. The van der Waals surface area contributed by atoms with E-state index in [2.05, 4.69) is 52.0 Å². The Morgan fingerprint density at radius 2 is 0.592 bits per heavy atom. The summed E-state index contributed by atoms with van der Waals surface area (Å²) in [5.74, 6) is -0.0187. The van der Waals surface area contributed by atoms with E-state index < -0.39 is 0 Å². The lowest BCUT2D eigenvalue weighted by atomic mass is 10.1. The highest BCUT2D eigenvalue weighted by Gasteiger charge is 2.03. The molecular weight excluding hydrogens is 604 g/mol. The summed E-state index contributed by atoms with van der Waals surface area (Å²) in [5, 5.41) is 0. The Bertz CT molecular complexity index is 698. The number of hydrogen-bond acceptors (Lipinski definition) is 4. The Hall–Kier alpha value is -1.58. The van der Waals surface area contributed by atoms with Crippen molar-refractivity contribution in [2.24, 2.45) is 0 Å². The first-order valence-corrected chi connectivity index (χ1v) is 21.7. The zero-order valence-corrected chi connectivity index (χ0v) is 33.7. The molecule has 4 heteroatoms. The molecule has 0 saturated heterocycles. The molecule has 0 aromatic heterocycles. The van der Waals surface area contributed by atoms with Gasteiger partial charge in [0.2, 0.25) is 0 Å². The minimum Gasteiger partial charge on any atom is -0.466 e. The van der Waals surface area contributed by atoms with Gasteiger partial charge < -0.3 is 9.47 Å². The third kappa shape index (κ3) is 48.6. The van der Waals surface area contributed by atoms with Crippen molar-refractivity contribution in [3.8, 4) is 0 Å². The van der Waals surface area contributed by atoms with E-state index in [4.69, 9.17) is 9.47 Å². The molecular formula is C45H86O4. The molecule has 0 fully saturated rings. The molecule has 0 unspecified atom stereocenters. The molecule has 290 valence electrons. The Balaban J connectivity index is 0. The highest BCUT2D eigenvalue weighted by molar-refractivity contribution is 5.69. The first-order chi connectivity index (χ1) is 24.1. The third-order valence-electron chi connectivity index (χ3n) is 9.06. The van der Waals surface area contributed by atoms with Crippen molar-refractivity contribution in [3.63, 3.8) is 0 Å². The smallest absolute Gasteiger partial charge is 0.305 e. The maximum absolute atomic E-state index is 11.5. The molecule has 0 saturated carbocycles. The summed E-state index contributed by atoms with van der Waals surface area (Å²) in [6.45, 7) is 10.0. The fourth-order valence-electron chi connectivity index (χ4n) is 5.69. The predicted molar refractivity (Wildman–Crippen MR) is 215 cm³/mol. The lowest BCUT2D eigenvalue weighted by Gasteiger charge is -2.04. The lowest BCUT2D eigenvalue weighted by molar-refractivity contribution is -0.144. The van der Waals surface area contributed by atoms with Gasteiger partial charge >= 0.3 is 11.9 Å². The fraction of sp³-hybridized carbons (Fsp3) is 0.867. The first-order valence-electron chi connectivity index (χ1n) is 21.7. The molecule has 0 bridgehead atoms. The van der Waals surface area contributed by atoms with Crippen molar-refractivity contribution in [1.29, 1.82) is 0 Å². The number of carbonyl (C=O) groups excluding carboxylic acids is 2. The van der Waals surface area contributed by atoms with Gasteiger partial charge in [-0.05, 0) is 77.0 Å². The molecule has 0 aliphatic heterocycles. The number of esters is 2. The van der Waals surface area contributed by atoms with E-state index in [0.29, 0.717) is 26.1 Å². The SMILES string of the molecule is CCCCCCCCC=CCCCCCCCC(=O)OCCCC.CCCCCCCCC=CCCCCCCCC(=O)OCCCCC. The standard InChI is InChI=1S/C23H44O2.C22H42O2/c1-3-5-7-8-9-10-11-12-13-14-15-16-17-18-19-21-23(24)25-22-20-6-4-2;1-3-5-7-8-9-10-11-12-13-14-15-16-17-18-19-20-22(23)24-21-6-4-2/h12-13H,3-11,14-22H2,1-2H3;12-13H,3-11,14-21H2,1-2H3. The molecule has 0 radical (unpaired) electrons. The van der Waals surface area contributed by atoms with E-state index in [0.717, 1.165) is 51.4 Å². The van der Waals surface area contributed by atoms with Crippen LogP contribution in [-0.2, 0) is 19.1 Å². The van der Waals surface area contributed by atoms with Gasteiger partial charge in [0.15, 0.2) is 0 Å². The van der Waals surface area contributed by atoms with Gasteiger partial charge in [-0.2, -0.15) is 0 Å². The average molecular weight is 691 g/mol. The van der Waals surface area contributed by atoms with E-state index in [1.807, 2.05) is 0 Å². The van der Waals surface area contributed by atoms with Crippen LogP contribution in [-0.4, -0.2) is 25.2 Å². The first kappa shape index (κ1) is 49.5. The van der Waals surface area contributed by atoms with Gasteiger partial charge in [0.05, 0.1) is 13.2 Å². The molecule has 0 aromatic rings. The van der Waals surface area contributed by atoms with Crippen LogP contribution in [0.2, 0.25) is 0 Å². The molecule has 0 atom stereocenters. The second-order valence-corrected chi connectivity index (χ2v) is 14.2. The zero-order chi connectivity index (χ0) is 36.1. The van der Waals surface area contributed by atoms with Crippen molar-refractivity contribution in [2.75, 3.05) is 13.2 Å². The molecule has 0 spiro atoms. The summed E-state index contributed by atoms with van der Waals surface area (Å²) in [6.07, 6.45) is 49.5. The van der Waals surface area contributed by atoms with Gasteiger partial charge in [-0.15, -0.1) is 0 Å². The normalized spacial score (nSPS) is 11.3. The highest BCUT2D eigenvalue weighted by Crippen LogP contribution is 2.12. The Kier molecular flexibility index (Phi) is 46.9. The van der Waals surface area contributed by atoms with Crippen LogP contribution in [0.5, 0.6) is 0 Å². The Morgan fingerprint density at radius 3 is 0.939 bits per heavy atom. The minimum atomic E-state index is -0.0129. The van der Waals surface area contributed by atoms with Crippen LogP contribution in [0.3, 0.4) is 0 Å². The van der Waals surface area contributed by atoms with Gasteiger partial charge in [0, 0.05) is 12.8 Å². The van der Waals surface area contributed by atoms with Gasteiger partial charge in [-0.25, -0.2) is 0 Å². The quantitative estimate of drug-likeness (QED) is 0.0370. The number of allylic oxidation sites excluding steroid dienone is 4. The number of carbonyl (C=O) groups is 2. The molecule has 0 amide bonds. The number of ether oxygens (including phenoxy) is 2. The molecule has 0 N–H and O–H groups in total. The van der Waals surface area contributed by atoms with Crippen LogP contribution < -0.4 is 0 Å². The largest absolute Gasteiger partial charge is 0.466 e. The van der Waals surface area contributed by atoms with E-state index in [1.54, 1.807) is 0 Å². The van der Waals surface area contributed by atoms with Crippen LogP contribution in [0.4, 0.5) is 0 Å². The molecule has 49 heavy (non-hydrogen) atoms. The second kappa shape index (κ2) is 46.4. The topological polar surface area (TPSA) is 52.6 Å². The lowest BCUT2D eigenvalue weighted by Crippen LogP contribution is -2.05.